The number of rotatable bonds is 1. The summed E-state index contributed by atoms with van der Waals surface area (Å²) in [6, 6.07) is 7.04. The molecule has 0 unspecified atom stereocenters. The van der Waals surface area contributed by atoms with Gasteiger partial charge in [-0.1, -0.05) is 12.1 Å². The van der Waals surface area contributed by atoms with Crippen LogP contribution in [0.2, 0.25) is 0 Å². The highest BCUT2D eigenvalue weighted by atomic mass is 15.2. The molecule has 1 heterocycles. The maximum atomic E-state index is 3.62. The van der Waals surface area contributed by atoms with E-state index < -0.39 is 0 Å². The highest BCUT2D eigenvalue weighted by Crippen LogP contribution is 2.37. The van der Waals surface area contributed by atoms with Crippen LogP contribution in [0.3, 0.4) is 0 Å². The third-order valence-corrected chi connectivity index (χ3v) is 3.19. The standard InChI is InChI=1S/C14H22N2/c1-10(2)16-9-14(4,5)15-12-8-6-7-11(3)13(12)16/h6-8,10,15H,9H2,1-5H3. The van der Waals surface area contributed by atoms with Crippen molar-refractivity contribution in [2.45, 2.75) is 46.2 Å². The van der Waals surface area contributed by atoms with Crippen LogP contribution in [0.5, 0.6) is 0 Å². The van der Waals surface area contributed by atoms with E-state index in [1.807, 2.05) is 0 Å². The summed E-state index contributed by atoms with van der Waals surface area (Å²) >= 11 is 0. The van der Waals surface area contributed by atoms with Crippen molar-refractivity contribution in [3.8, 4) is 0 Å². The first-order valence-corrected chi connectivity index (χ1v) is 6.05. The van der Waals surface area contributed by atoms with Gasteiger partial charge in [0.1, 0.15) is 0 Å². The van der Waals surface area contributed by atoms with Crippen molar-refractivity contribution in [2.24, 2.45) is 0 Å². The van der Waals surface area contributed by atoms with Gasteiger partial charge in [0.25, 0.3) is 0 Å². The molecule has 0 amide bonds. The fourth-order valence-corrected chi connectivity index (χ4v) is 2.49. The van der Waals surface area contributed by atoms with Crippen molar-refractivity contribution in [1.82, 2.24) is 0 Å². The number of hydrogen-bond acceptors (Lipinski definition) is 2. The van der Waals surface area contributed by atoms with E-state index in [0.29, 0.717) is 6.04 Å². The molecule has 88 valence electrons. The molecule has 1 aromatic carbocycles. The van der Waals surface area contributed by atoms with Gasteiger partial charge in [-0.15, -0.1) is 0 Å². The number of anilines is 2. The molecule has 1 aliphatic heterocycles. The van der Waals surface area contributed by atoms with Crippen LogP contribution in [-0.2, 0) is 0 Å². The Morgan fingerprint density at radius 2 is 2.00 bits per heavy atom. The zero-order valence-electron chi connectivity index (χ0n) is 11.0. The third-order valence-electron chi connectivity index (χ3n) is 3.19. The molecule has 0 fully saturated rings. The molecule has 0 bridgehead atoms. The first-order valence-electron chi connectivity index (χ1n) is 6.05. The zero-order valence-corrected chi connectivity index (χ0v) is 11.0. The number of nitrogens with zero attached hydrogens (tertiary/aromatic N) is 1. The van der Waals surface area contributed by atoms with E-state index in [2.05, 4.69) is 63.0 Å². The number of benzene rings is 1. The molecule has 0 saturated carbocycles. The number of para-hydroxylation sites is 1. The Balaban J connectivity index is 2.52. The Bertz CT molecular complexity index is 394. The van der Waals surface area contributed by atoms with Crippen LogP contribution in [-0.4, -0.2) is 18.1 Å². The number of aryl methyl sites for hydroxylation is 1. The molecule has 16 heavy (non-hydrogen) atoms. The van der Waals surface area contributed by atoms with Crippen LogP contribution >= 0.6 is 0 Å². The summed E-state index contributed by atoms with van der Waals surface area (Å²) in [6.45, 7) is 12.3. The molecule has 1 aromatic rings. The molecule has 0 spiro atoms. The highest BCUT2D eigenvalue weighted by Gasteiger charge is 2.31. The molecule has 2 nitrogen and oxygen atoms in total. The Labute approximate surface area is 98.7 Å². The van der Waals surface area contributed by atoms with Gasteiger partial charge in [-0.3, -0.25) is 0 Å². The smallest absolute Gasteiger partial charge is 0.0634 e. The molecule has 1 aliphatic rings. The summed E-state index contributed by atoms with van der Waals surface area (Å²) in [5.41, 5.74) is 4.14. The predicted octanol–water partition coefficient (Wildman–Crippen LogP) is 3.41. The molecule has 2 rings (SSSR count). The lowest BCUT2D eigenvalue weighted by Crippen LogP contribution is -2.51. The molecule has 0 saturated heterocycles. The normalized spacial score (nSPS) is 18.2. The minimum atomic E-state index is 0.144. The van der Waals surface area contributed by atoms with Crippen molar-refractivity contribution < 1.29 is 0 Å². The average Bonchev–Trinajstić information content (AvgIpc) is 2.14. The van der Waals surface area contributed by atoms with Gasteiger partial charge in [-0.25, -0.2) is 0 Å². The van der Waals surface area contributed by atoms with Gasteiger partial charge in [-0.05, 0) is 46.2 Å². The largest absolute Gasteiger partial charge is 0.377 e. The van der Waals surface area contributed by atoms with Gasteiger partial charge in [0, 0.05) is 18.1 Å². The second-order valence-corrected chi connectivity index (χ2v) is 5.70. The van der Waals surface area contributed by atoms with Crippen molar-refractivity contribution in [3.63, 3.8) is 0 Å². The van der Waals surface area contributed by atoms with Crippen LogP contribution in [0.4, 0.5) is 11.4 Å². The van der Waals surface area contributed by atoms with E-state index >= 15 is 0 Å². The van der Waals surface area contributed by atoms with Crippen LogP contribution in [0.25, 0.3) is 0 Å². The van der Waals surface area contributed by atoms with E-state index in [1.54, 1.807) is 0 Å². The lowest BCUT2D eigenvalue weighted by atomic mass is 9.96. The monoisotopic (exact) mass is 218 g/mol. The second-order valence-electron chi connectivity index (χ2n) is 5.70. The molecule has 0 radical (unpaired) electrons. The van der Waals surface area contributed by atoms with Crippen LogP contribution in [0.15, 0.2) is 18.2 Å². The van der Waals surface area contributed by atoms with Crippen LogP contribution in [0, 0.1) is 6.92 Å². The van der Waals surface area contributed by atoms with Crippen molar-refractivity contribution in [3.05, 3.63) is 23.8 Å². The maximum Gasteiger partial charge on any atom is 0.0634 e. The van der Waals surface area contributed by atoms with Crippen LogP contribution in [0.1, 0.15) is 33.3 Å². The van der Waals surface area contributed by atoms with Gasteiger partial charge >= 0.3 is 0 Å². The summed E-state index contributed by atoms with van der Waals surface area (Å²) in [5, 5.41) is 3.62. The van der Waals surface area contributed by atoms with Gasteiger partial charge in [-0.2, -0.15) is 0 Å². The number of fused-ring (bicyclic) bond motifs is 1. The first-order chi connectivity index (χ1) is 7.41. The molecule has 2 heteroatoms. The lowest BCUT2D eigenvalue weighted by molar-refractivity contribution is 0.506. The Hall–Kier alpha value is -1.18. The van der Waals surface area contributed by atoms with Gasteiger partial charge in [0.05, 0.1) is 11.4 Å². The zero-order chi connectivity index (χ0) is 11.9. The predicted molar refractivity (Wildman–Crippen MR) is 71.4 cm³/mol. The summed E-state index contributed by atoms with van der Waals surface area (Å²) in [7, 11) is 0. The highest BCUT2D eigenvalue weighted by molar-refractivity contribution is 5.77. The fraction of sp³-hybridized carbons (Fsp3) is 0.571. The quantitative estimate of drug-likeness (QED) is 0.777. The van der Waals surface area contributed by atoms with Crippen molar-refractivity contribution in [2.75, 3.05) is 16.8 Å². The summed E-state index contributed by atoms with van der Waals surface area (Å²) in [5.74, 6) is 0. The first kappa shape index (κ1) is 11.3. The SMILES string of the molecule is Cc1cccc2c1N(C(C)C)CC(C)(C)N2. The van der Waals surface area contributed by atoms with E-state index in [-0.39, 0.29) is 5.54 Å². The van der Waals surface area contributed by atoms with Crippen LogP contribution < -0.4 is 10.2 Å². The Morgan fingerprint density at radius 3 is 2.62 bits per heavy atom. The molecular formula is C14H22N2. The lowest BCUT2D eigenvalue weighted by Gasteiger charge is -2.45. The van der Waals surface area contributed by atoms with Crippen molar-refractivity contribution >= 4 is 11.4 Å². The topological polar surface area (TPSA) is 15.3 Å². The number of hydrogen-bond donors (Lipinski definition) is 1. The van der Waals surface area contributed by atoms with E-state index in [9.17, 15) is 0 Å². The minimum Gasteiger partial charge on any atom is -0.377 e. The molecule has 0 aromatic heterocycles. The molecule has 0 aliphatic carbocycles. The molecule has 1 N–H and O–H groups in total. The molecule has 0 atom stereocenters. The maximum absolute atomic E-state index is 3.62. The molecular weight excluding hydrogens is 196 g/mol. The van der Waals surface area contributed by atoms with Crippen molar-refractivity contribution in [1.29, 1.82) is 0 Å². The Morgan fingerprint density at radius 1 is 1.31 bits per heavy atom. The summed E-state index contributed by atoms with van der Waals surface area (Å²) in [6.07, 6.45) is 0. The Kier molecular flexibility index (Phi) is 2.61. The summed E-state index contributed by atoms with van der Waals surface area (Å²) < 4.78 is 0. The van der Waals surface area contributed by atoms with E-state index in [1.165, 1.54) is 16.9 Å². The average molecular weight is 218 g/mol. The van der Waals surface area contributed by atoms with Gasteiger partial charge in [0.2, 0.25) is 0 Å². The van der Waals surface area contributed by atoms with Gasteiger partial charge < -0.3 is 10.2 Å². The van der Waals surface area contributed by atoms with E-state index in [4.69, 9.17) is 0 Å². The fourth-order valence-electron chi connectivity index (χ4n) is 2.49. The minimum absolute atomic E-state index is 0.144. The van der Waals surface area contributed by atoms with Gasteiger partial charge in [0.15, 0.2) is 0 Å². The second kappa shape index (κ2) is 3.69. The number of nitrogens with one attached hydrogen (secondary N) is 1. The van der Waals surface area contributed by atoms with E-state index in [0.717, 1.165) is 6.54 Å². The third kappa shape index (κ3) is 1.89. The summed E-state index contributed by atoms with van der Waals surface area (Å²) in [4.78, 5) is 2.50.